The van der Waals surface area contributed by atoms with Crippen LogP contribution in [0, 0.1) is 0 Å². The minimum absolute atomic E-state index is 0.00947. The van der Waals surface area contributed by atoms with E-state index in [-0.39, 0.29) is 30.1 Å². The molecular formula is C21H21N3O5S. The fourth-order valence-corrected chi connectivity index (χ4v) is 5.17. The van der Waals surface area contributed by atoms with Gasteiger partial charge in [0.15, 0.2) is 16.4 Å². The van der Waals surface area contributed by atoms with Gasteiger partial charge in [-0.05, 0) is 36.2 Å². The molecule has 0 bridgehead atoms. The molecule has 0 aliphatic carbocycles. The summed E-state index contributed by atoms with van der Waals surface area (Å²) in [5, 5.41) is 7.48. The van der Waals surface area contributed by atoms with Gasteiger partial charge < -0.3 is 14.1 Å². The summed E-state index contributed by atoms with van der Waals surface area (Å²) in [5.74, 6) is 0.764. The van der Waals surface area contributed by atoms with Gasteiger partial charge in [-0.25, -0.2) is 8.42 Å². The molecule has 30 heavy (non-hydrogen) atoms. The molecule has 2 heterocycles. The van der Waals surface area contributed by atoms with Gasteiger partial charge in [0, 0.05) is 18.2 Å². The quantitative estimate of drug-likeness (QED) is 0.570. The fraction of sp³-hybridized carbons (Fsp3) is 0.286. The Hall–Kier alpha value is -3.20. The summed E-state index contributed by atoms with van der Waals surface area (Å²) in [7, 11) is -3.11. The van der Waals surface area contributed by atoms with Crippen LogP contribution in [-0.2, 0) is 21.2 Å². The standard InChI is InChI=1S/C21H21N3O5S/c25-20(13-28-19-8-6-17(7-9-19)21-23-22-15-29-21)24(12-16-4-2-1-3-5-16)18-10-11-30(26,27)14-18/h1-9,15,18H,10-14H2/t18-/m1/s1. The first-order chi connectivity index (χ1) is 14.5. The Morgan fingerprint density at radius 2 is 1.90 bits per heavy atom. The molecule has 0 unspecified atom stereocenters. The predicted octanol–water partition coefficient (Wildman–Crippen LogP) is 2.33. The monoisotopic (exact) mass is 427 g/mol. The number of ether oxygens (including phenoxy) is 1. The van der Waals surface area contributed by atoms with Crippen LogP contribution in [0.3, 0.4) is 0 Å². The molecule has 4 rings (SSSR count). The molecule has 156 valence electrons. The van der Waals surface area contributed by atoms with Gasteiger partial charge in [-0.3, -0.25) is 4.79 Å². The molecule has 3 aromatic rings. The molecule has 0 radical (unpaired) electrons. The molecule has 1 amide bonds. The van der Waals surface area contributed by atoms with Gasteiger partial charge in [0.1, 0.15) is 5.75 Å². The van der Waals surface area contributed by atoms with E-state index < -0.39 is 9.84 Å². The van der Waals surface area contributed by atoms with Gasteiger partial charge in [-0.2, -0.15) is 0 Å². The Balaban J connectivity index is 1.43. The zero-order chi connectivity index (χ0) is 21.0. The summed E-state index contributed by atoms with van der Waals surface area (Å²) in [5.41, 5.74) is 1.69. The van der Waals surface area contributed by atoms with Crippen molar-refractivity contribution in [3.8, 4) is 17.2 Å². The minimum atomic E-state index is -3.11. The fourth-order valence-electron chi connectivity index (χ4n) is 3.44. The van der Waals surface area contributed by atoms with Crippen LogP contribution in [0.4, 0.5) is 0 Å². The van der Waals surface area contributed by atoms with Gasteiger partial charge in [0.2, 0.25) is 12.3 Å². The van der Waals surface area contributed by atoms with Gasteiger partial charge in [0.25, 0.3) is 5.91 Å². The minimum Gasteiger partial charge on any atom is -0.484 e. The summed E-state index contributed by atoms with van der Waals surface area (Å²) in [6.45, 7) is 0.169. The van der Waals surface area contributed by atoms with Crippen LogP contribution in [0.1, 0.15) is 12.0 Å². The molecule has 1 aromatic heterocycles. The molecule has 0 saturated carbocycles. The molecule has 1 fully saturated rings. The number of carbonyl (C=O) groups is 1. The largest absolute Gasteiger partial charge is 0.484 e. The van der Waals surface area contributed by atoms with Crippen LogP contribution in [-0.4, -0.2) is 53.6 Å². The third kappa shape index (κ3) is 4.85. The Kier molecular flexibility index (Phi) is 5.80. The SMILES string of the molecule is O=C(COc1ccc(-c2nnco2)cc1)N(Cc1ccccc1)[C@@H]1CCS(=O)(=O)C1. The lowest BCUT2D eigenvalue weighted by Crippen LogP contribution is -2.43. The first-order valence-electron chi connectivity index (χ1n) is 9.53. The lowest BCUT2D eigenvalue weighted by atomic mass is 10.1. The van der Waals surface area contributed by atoms with Crippen molar-refractivity contribution in [1.29, 1.82) is 0 Å². The van der Waals surface area contributed by atoms with Crippen LogP contribution in [0.2, 0.25) is 0 Å². The number of hydrogen-bond donors (Lipinski definition) is 0. The van der Waals surface area contributed by atoms with E-state index in [0.29, 0.717) is 24.6 Å². The van der Waals surface area contributed by atoms with Crippen molar-refractivity contribution >= 4 is 15.7 Å². The van der Waals surface area contributed by atoms with E-state index in [1.165, 1.54) is 6.39 Å². The maximum Gasteiger partial charge on any atom is 0.261 e. The zero-order valence-corrected chi connectivity index (χ0v) is 17.0. The Morgan fingerprint density at radius 3 is 2.53 bits per heavy atom. The van der Waals surface area contributed by atoms with Crippen LogP contribution in [0.5, 0.6) is 5.75 Å². The van der Waals surface area contributed by atoms with E-state index in [9.17, 15) is 13.2 Å². The Bertz CT molecular complexity index is 1080. The molecule has 1 saturated heterocycles. The highest BCUT2D eigenvalue weighted by Gasteiger charge is 2.34. The highest BCUT2D eigenvalue weighted by molar-refractivity contribution is 7.91. The van der Waals surface area contributed by atoms with E-state index >= 15 is 0 Å². The van der Waals surface area contributed by atoms with Crippen LogP contribution in [0.25, 0.3) is 11.5 Å². The number of aromatic nitrogens is 2. The average Bonchev–Trinajstić information content (AvgIpc) is 3.41. The van der Waals surface area contributed by atoms with E-state index in [0.717, 1.165) is 11.1 Å². The Labute approximate surface area is 174 Å². The second kappa shape index (κ2) is 8.66. The van der Waals surface area contributed by atoms with Crippen molar-refractivity contribution in [3.05, 3.63) is 66.6 Å². The van der Waals surface area contributed by atoms with Gasteiger partial charge in [-0.1, -0.05) is 30.3 Å². The van der Waals surface area contributed by atoms with Crippen molar-refractivity contribution in [3.63, 3.8) is 0 Å². The van der Waals surface area contributed by atoms with E-state index in [2.05, 4.69) is 10.2 Å². The van der Waals surface area contributed by atoms with Gasteiger partial charge >= 0.3 is 0 Å². The molecular weight excluding hydrogens is 406 g/mol. The van der Waals surface area contributed by atoms with Crippen molar-refractivity contribution < 1.29 is 22.4 Å². The van der Waals surface area contributed by atoms with Gasteiger partial charge in [-0.15, -0.1) is 10.2 Å². The summed E-state index contributed by atoms with van der Waals surface area (Å²) in [6.07, 6.45) is 1.70. The number of benzene rings is 2. The number of amides is 1. The number of hydrogen-bond acceptors (Lipinski definition) is 7. The molecule has 1 atom stereocenters. The van der Waals surface area contributed by atoms with E-state index in [4.69, 9.17) is 9.15 Å². The van der Waals surface area contributed by atoms with Crippen LogP contribution >= 0.6 is 0 Å². The van der Waals surface area contributed by atoms with Crippen molar-refractivity contribution in [2.45, 2.75) is 19.0 Å². The second-order valence-electron chi connectivity index (χ2n) is 7.12. The number of carbonyl (C=O) groups excluding carboxylic acids is 1. The molecule has 2 aromatic carbocycles. The van der Waals surface area contributed by atoms with Crippen LogP contribution in [0.15, 0.2) is 65.4 Å². The van der Waals surface area contributed by atoms with E-state index in [1.54, 1.807) is 29.2 Å². The Morgan fingerprint density at radius 1 is 1.13 bits per heavy atom. The highest BCUT2D eigenvalue weighted by Crippen LogP contribution is 2.22. The summed E-state index contributed by atoms with van der Waals surface area (Å²) < 4.78 is 34.7. The van der Waals surface area contributed by atoms with Gasteiger partial charge in [0.05, 0.1) is 11.5 Å². The highest BCUT2D eigenvalue weighted by atomic mass is 32.2. The molecule has 0 N–H and O–H groups in total. The van der Waals surface area contributed by atoms with Crippen molar-refractivity contribution in [1.82, 2.24) is 15.1 Å². The smallest absolute Gasteiger partial charge is 0.261 e. The molecule has 8 nitrogen and oxygen atoms in total. The summed E-state index contributed by atoms with van der Waals surface area (Å²) in [6, 6.07) is 16.1. The number of rotatable bonds is 7. The molecule has 9 heteroatoms. The number of nitrogens with zero attached hydrogens (tertiary/aromatic N) is 3. The molecule has 1 aliphatic rings. The summed E-state index contributed by atoms with van der Waals surface area (Å²) in [4.78, 5) is 14.6. The zero-order valence-electron chi connectivity index (χ0n) is 16.2. The first-order valence-corrected chi connectivity index (χ1v) is 11.4. The molecule has 1 aliphatic heterocycles. The van der Waals surface area contributed by atoms with Crippen molar-refractivity contribution in [2.75, 3.05) is 18.1 Å². The normalized spacial score (nSPS) is 17.5. The maximum absolute atomic E-state index is 12.9. The van der Waals surface area contributed by atoms with Crippen LogP contribution < -0.4 is 4.74 Å². The molecule has 0 spiro atoms. The third-order valence-corrected chi connectivity index (χ3v) is 6.74. The third-order valence-electron chi connectivity index (χ3n) is 4.99. The lowest BCUT2D eigenvalue weighted by molar-refractivity contribution is -0.136. The summed E-state index contributed by atoms with van der Waals surface area (Å²) >= 11 is 0. The lowest BCUT2D eigenvalue weighted by Gasteiger charge is -2.28. The van der Waals surface area contributed by atoms with Crippen molar-refractivity contribution in [2.24, 2.45) is 0 Å². The maximum atomic E-state index is 12.9. The second-order valence-corrected chi connectivity index (χ2v) is 9.35. The average molecular weight is 427 g/mol. The first kappa shape index (κ1) is 20.1. The predicted molar refractivity (Wildman–Crippen MR) is 109 cm³/mol. The topological polar surface area (TPSA) is 103 Å². The van der Waals surface area contributed by atoms with E-state index in [1.807, 2.05) is 30.3 Å². The number of sulfone groups is 1.